The predicted octanol–water partition coefficient (Wildman–Crippen LogP) is 16.4. The third kappa shape index (κ3) is 4.84. The van der Waals surface area contributed by atoms with Gasteiger partial charge in [0.2, 0.25) is 0 Å². The van der Waals surface area contributed by atoms with Crippen molar-refractivity contribution in [1.29, 1.82) is 0 Å². The highest BCUT2D eigenvalue weighted by Gasteiger charge is 2.52. The van der Waals surface area contributed by atoms with Crippen LogP contribution in [0.2, 0.25) is 0 Å². The SMILES string of the molecule is CC1(C)c2ccccc2-c2ccc(N(c3ccc4cccc5c4c3C53c4ccccc4-c4ccccc4Cc4ccccc4-c4ccccc43)c3cccc4c3oc3ccccc34)cc21. The van der Waals surface area contributed by atoms with Crippen molar-refractivity contribution in [1.82, 2.24) is 0 Å². The monoisotopic (exact) mass is 829 g/mol. The lowest BCUT2D eigenvalue weighted by Gasteiger charge is -2.49. The molecule has 1 aromatic heterocycles. The molecule has 1 heterocycles. The Morgan fingerprint density at radius 3 is 1.69 bits per heavy atom. The van der Waals surface area contributed by atoms with Crippen molar-refractivity contribution in [3.8, 4) is 33.4 Å². The standard InChI is InChI=1S/C63H43NO/c1-62(2)51-27-11-7-24-47(51)48-35-34-42(38-55(48)62)64(57-31-16-26-50-49-25-10-14-32-58(49)65-61(50)57)56-36-33-39-19-15-30-54-59(39)60(56)63(54)52-28-12-8-22-45(52)43-20-5-3-17-40(43)37-41-18-4-6-21-44(41)46-23-9-13-29-53(46)63/h3-36,38H,37H2,1-2H3. The summed E-state index contributed by atoms with van der Waals surface area (Å²) in [5.74, 6) is 0. The zero-order valence-electron chi connectivity index (χ0n) is 36.3. The Morgan fingerprint density at radius 1 is 0.415 bits per heavy atom. The number of fused-ring (bicyclic) bond motifs is 16. The Kier molecular flexibility index (Phi) is 7.47. The average molecular weight is 830 g/mol. The van der Waals surface area contributed by atoms with Crippen LogP contribution in [-0.4, -0.2) is 0 Å². The first kappa shape index (κ1) is 36.5. The molecule has 14 rings (SSSR count). The fourth-order valence-electron chi connectivity index (χ4n) is 12.3. The molecule has 0 atom stereocenters. The van der Waals surface area contributed by atoms with Crippen molar-refractivity contribution in [2.45, 2.75) is 31.1 Å². The summed E-state index contributed by atoms with van der Waals surface area (Å²) in [6.45, 7) is 4.75. The van der Waals surface area contributed by atoms with Crippen LogP contribution in [0.25, 0.3) is 66.1 Å². The molecule has 0 aliphatic heterocycles. The Balaban J connectivity index is 1.14. The number of benzene rings is 10. The van der Waals surface area contributed by atoms with Gasteiger partial charge in [-0.2, -0.15) is 0 Å². The van der Waals surface area contributed by atoms with E-state index < -0.39 is 5.41 Å². The van der Waals surface area contributed by atoms with E-state index in [1.807, 2.05) is 0 Å². The maximum atomic E-state index is 6.99. The van der Waals surface area contributed by atoms with E-state index in [1.54, 1.807) is 0 Å². The normalized spacial score (nSPS) is 14.5. The highest BCUT2D eigenvalue weighted by Crippen LogP contribution is 2.65. The molecule has 0 amide bonds. The van der Waals surface area contributed by atoms with Crippen molar-refractivity contribution in [2.75, 3.05) is 4.90 Å². The first-order chi connectivity index (χ1) is 32.0. The van der Waals surface area contributed by atoms with Gasteiger partial charge in [0.05, 0.1) is 16.8 Å². The molecule has 3 aliphatic rings. The van der Waals surface area contributed by atoms with Gasteiger partial charge in [0.25, 0.3) is 0 Å². The van der Waals surface area contributed by atoms with Crippen LogP contribution < -0.4 is 4.90 Å². The van der Waals surface area contributed by atoms with E-state index in [2.05, 4.69) is 231 Å². The smallest absolute Gasteiger partial charge is 0.159 e. The summed E-state index contributed by atoms with van der Waals surface area (Å²) in [6, 6.07) is 79.5. The van der Waals surface area contributed by atoms with Crippen LogP contribution in [0.5, 0.6) is 0 Å². The topological polar surface area (TPSA) is 16.4 Å². The van der Waals surface area contributed by atoms with E-state index in [4.69, 9.17) is 4.42 Å². The summed E-state index contributed by atoms with van der Waals surface area (Å²) in [7, 11) is 0. The molecule has 1 spiro atoms. The molecule has 306 valence electrons. The van der Waals surface area contributed by atoms with E-state index in [0.29, 0.717) is 0 Å². The van der Waals surface area contributed by atoms with Crippen molar-refractivity contribution < 1.29 is 4.42 Å². The Morgan fingerprint density at radius 2 is 0.969 bits per heavy atom. The Labute approximate surface area is 378 Å². The Hall–Kier alpha value is -7.94. The third-order valence-electron chi connectivity index (χ3n) is 15.2. The van der Waals surface area contributed by atoms with E-state index in [9.17, 15) is 0 Å². The summed E-state index contributed by atoms with van der Waals surface area (Å²) in [5, 5.41) is 4.78. The molecule has 10 aromatic carbocycles. The maximum absolute atomic E-state index is 6.99. The fraction of sp³-hybridized carbons (Fsp3) is 0.0794. The zero-order chi connectivity index (χ0) is 43.0. The minimum Gasteiger partial charge on any atom is -0.454 e. The quantitative estimate of drug-likeness (QED) is 0.176. The van der Waals surface area contributed by atoms with Crippen molar-refractivity contribution in [3.63, 3.8) is 0 Å². The third-order valence-corrected chi connectivity index (χ3v) is 15.2. The molecular weight excluding hydrogens is 787 g/mol. The van der Waals surface area contributed by atoms with E-state index in [-0.39, 0.29) is 5.41 Å². The fourth-order valence-corrected chi connectivity index (χ4v) is 12.3. The molecule has 0 saturated carbocycles. The molecule has 3 aliphatic carbocycles. The van der Waals surface area contributed by atoms with Crippen LogP contribution in [-0.2, 0) is 17.3 Å². The van der Waals surface area contributed by atoms with Crippen molar-refractivity contribution in [3.05, 3.63) is 257 Å². The second-order valence-corrected chi connectivity index (χ2v) is 18.7. The number of para-hydroxylation sites is 2. The van der Waals surface area contributed by atoms with Crippen LogP contribution >= 0.6 is 0 Å². The molecule has 0 saturated heterocycles. The van der Waals surface area contributed by atoms with Gasteiger partial charge in [-0.1, -0.05) is 196 Å². The van der Waals surface area contributed by atoms with Crippen molar-refractivity contribution >= 4 is 49.8 Å². The molecule has 0 fully saturated rings. The van der Waals surface area contributed by atoms with Crippen LogP contribution in [0, 0.1) is 0 Å². The first-order valence-electron chi connectivity index (χ1n) is 22.9. The van der Waals surface area contributed by atoms with Gasteiger partial charge < -0.3 is 9.32 Å². The lowest BCUT2D eigenvalue weighted by atomic mass is 9.53. The van der Waals surface area contributed by atoms with Crippen LogP contribution in [0.15, 0.2) is 217 Å². The van der Waals surface area contributed by atoms with E-state index in [1.165, 1.54) is 88.7 Å². The number of hydrogen-bond acceptors (Lipinski definition) is 2. The van der Waals surface area contributed by atoms with Crippen LogP contribution in [0.4, 0.5) is 17.1 Å². The maximum Gasteiger partial charge on any atom is 0.159 e. The summed E-state index contributed by atoms with van der Waals surface area (Å²) in [5.41, 5.74) is 22.4. The lowest BCUT2D eigenvalue weighted by molar-refractivity contribution is 0.660. The second kappa shape index (κ2) is 13.3. The number of hydrogen-bond donors (Lipinski definition) is 0. The largest absolute Gasteiger partial charge is 0.454 e. The molecule has 0 bridgehead atoms. The molecular formula is C63H43NO. The van der Waals surface area contributed by atoms with Crippen molar-refractivity contribution in [2.24, 2.45) is 0 Å². The minimum absolute atomic E-state index is 0.189. The number of furan rings is 1. The number of rotatable bonds is 3. The minimum atomic E-state index is -0.664. The van der Waals surface area contributed by atoms with Gasteiger partial charge >= 0.3 is 0 Å². The number of anilines is 3. The Bertz CT molecular complexity index is 3720. The van der Waals surface area contributed by atoms with Gasteiger partial charge in [-0.05, 0) is 120 Å². The summed E-state index contributed by atoms with van der Waals surface area (Å²) in [6.07, 6.45) is 0.841. The molecule has 65 heavy (non-hydrogen) atoms. The highest BCUT2D eigenvalue weighted by atomic mass is 16.3. The zero-order valence-corrected chi connectivity index (χ0v) is 36.3. The highest BCUT2D eigenvalue weighted by molar-refractivity contribution is 6.13. The molecule has 2 nitrogen and oxygen atoms in total. The van der Waals surface area contributed by atoms with E-state index in [0.717, 1.165) is 45.4 Å². The molecule has 11 aromatic rings. The second-order valence-electron chi connectivity index (χ2n) is 18.7. The van der Waals surface area contributed by atoms with Gasteiger partial charge in [0.1, 0.15) is 5.58 Å². The number of nitrogens with zero attached hydrogens (tertiary/aromatic N) is 1. The molecule has 2 heteroatoms. The molecule has 0 unspecified atom stereocenters. The van der Waals surface area contributed by atoms with Crippen LogP contribution in [0.3, 0.4) is 0 Å². The summed E-state index contributed by atoms with van der Waals surface area (Å²) >= 11 is 0. The van der Waals surface area contributed by atoms with Crippen LogP contribution in [0.1, 0.15) is 58.4 Å². The van der Waals surface area contributed by atoms with Gasteiger partial charge in [-0.3, -0.25) is 0 Å². The summed E-state index contributed by atoms with van der Waals surface area (Å²) < 4.78 is 6.99. The van der Waals surface area contributed by atoms with Gasteiger partial charge in [0, 0.05) is 27.4 Å². The van der Waals surface area contributed by atoms with Gasteiger partial charge in [-0.15, -0.1) is 0 Å². The molecule has 0 radical (unpaired) electrons. The average Bonchev–Trinajstić information content (AvgIpc) is 3.84. The lowest BCUT2D eigenvalue weighted by Crippen LogP contribution is -2.40. The van der Waals surface area contributed by atoms with E-state index >= 15 is 0 Å². The predicted molar refractivity (Wildman–Crippen MR) is 269 cm³/mol. The summed E-state index contributed by atoms with van der Waals surface area (Å²) in [4.78, 5) is 2.53. The van der Waals surface area contributed by atoms with Gasteiger partial charge in [-0.25, -0.2) is 0 Å². The van der Waals surface area contributed by atoms with Gasteiger partial charge in [0.15, 0.2) is 5.58 Å². The molecule has 0 N–H and O–H groups in total. The first-order valence-corrected chi connectivity index (χ1v) is 22.9.